The molecule has 146 valence electrons. The van der Waals surface area contributed by atoms with Gasteiger partial charge >= 0.3 is 5.97 Å². The molecular weight excluding hydrogens is 370 g/mol. The molecule has 1 aliphatic rings. The number of rotatable bonds is 4. The van der Waals surface area contributed by atoms with E-state index in [1.165, 1.54) is 12.0 Å². The van der Waals surface area contributed by atoms with Crippen LogP contribution in [0.1, 0.15) is 16.8 Å². The van der Waals surface area contributed by atoms with Crippen molar-refractivity contribution in [3.05, 3.63) is 66.4 Å². The third-order valence-electron chi connectivity index (χ3n) is 4.97. The number of pyridine rings is 1. The number of amides is 2. The SMILES string of the molecule is COC(=O)c1cccc(N2CC(C(=O)Nc3cccc4cccnc34)CC2=O)c1. The summed E-state index contributed by atoms with van der Waals surface area (Å²) in [7, 11) is 1.30. The Kier molecular flexibility index (Phi) is 4.95. The molecule has 0 spiro atoms. The third-order valence-corrected chi connectivity index (χ3v) is 4.97. The predicted molar refractivity (Wildman–Crippen MR) is 109 cm³/mol. The lowest BCUT2D eigenvalue weighted by molar-refractivity contribution is -0.122. The number of anilines is 2. The quantitative estimate of drug-likeness (QED) is 0.693. The predicted octanol–water partition coefficient (Wildman–Crippen LogP) is 3.01. The van der Waals surface area contributed by atoms with Crippen molar-refractivity contribution in [1.29, 1.82) is 0 Å². The smallest absolute Gasteiger partial charge is 0.337 e. The van der Waals surface area contributed by atoms with Gasteiger partial charge in [-0.25, -0.2) is 4.79 Å². The Morgan fingerprint density at radius 2 is 1.93 bits per heavy atom. The van der Waals surface area contributed by atoms with Crippen LogP contribution in [0.3, 0.4) is 0 Å². The van der Waals surface area contributed by atoms with E-state index >= 15 is 0 Å². The molecule has 0 saturated carbocycles. The van der Waals surface area contributed by atoms with E-state index in [1.54, 1.807) is 36.5 Å². The van der Waals surface area contributed by atoms with Crippen LogP contribution in [0.5, 0.6) is 0 Å². The Labute approximate surface area is 167 Å². The average molecular weight is 389 g/mol. The van der Waals surface area contributed by atoms with Crippen LogP contribution in [0.15, 0.2) is 60.8 Å². The highest BCUT2D eigenvalue weighted by Crippen LogP contribution is 2.28. The standard InChI is InChI=1S/C22H19N3O4/c1-29-22(28)15-6-2-8-17(11-15)25-13-16(12-19(25)26)21(27)24-18-9-3-5-14-7-4-10-23-20(14)18/h2-11,16H,12-13H2,1H3,(H,24,27). The van der Waals surface area contributed by atoms with Crippen molar-refractivity contribution >= 4 is 40.1 Å². The fraction of sp³-hybridized carbons (Fsp3) is 0.182. The molecule has 1 N–H and O–H groups in total. The number of hydrogen-bond acceptors (Lipinski definition) is 5. The second-order valence-electron chi connectivity index (χ2n) is 6.82. The number of nitrogens with one attached hydrogen (secondary N) is 1. The summed E-state index contributed by atoms with van der Waals surface area (Å²) < 4.78 is 4.73. The number of benzene rings is 2. The Morgan fingerprint density at radius 1 is 1.14 bits per heavy atom. The molecule has 0 bridgehead atoms. The van der Waals surface area contributed by atoms with Gasteiger partial charge in [0.25, 0.3) is 0 Å². The number of hydrogen-bond donors (Lipinski definition) is 1. The second kappa shape index (κ2) is 7.71. The maximum absolute atomic E-state index is 12.8. The van der Waals surface area contributed by atoms with Gasteiger partial charge in [-0.2, -0.15) is 0 Å². The maximum Gasteiger partial charge on any atom is 0.337 e. The zero-order valence-electron chi connectivity index (χ0n) is 15.8. The molecule has 1 aromatic heterocycles. The van der Waals surface area contributed by atoms with E-state index in [2.05, 4.69) is 10.3 Å². The van der Waals surface area contributed by atoms with Crippen molar-refractivity contribution in [2.45, 2.75) is 6.42 Å². The summed E-state index contributed by atoms with van der Waals surface area (Å²) in [5.74, 6) is -1.37. The van der Waals surface area contributed by atoms with Gasteiger partial charge in [0.15, 0.2) is 0 Å². The molecule has 2 heterocycles. The molecule has 1 aliphatic heterocycles. The molecule has 2 amide bonds. The Bertz CT molecular complexity index is 1110. The van der Waals surface area contributed by atoms with Crippen LogP contribution >= 0.6 is 0 Å². The van der Waals surface area contributed by atoms with Gasteiger partial charge in [-0.05, 0) is 30.3 Å². The van der Waals surface area contributed by atoms with Crippen molar-refractivity contribution in [2.75, 3.05) is 23.9 Å². The highest BCUT2D eigenvalue weighted by molar-refractivity contribution is 6.06. The van der Waals surface area contributed by atoms with E-state index in [9.17, 15) is 14.4 Å². The van der Waals surface area contributed by atoms with Crippen LogP contribution in [0, 0.1) is 5.92 Å². The maximum atomic E-state index is 12.8. The minimum atomic E-state index is -0.497. The molecule has 29 heavy (non-hydrogen) atoms. The van der Waals surface area contributed by atoms with Crippen LogP contribution in [0.2, 0.25) is 0 Å². The van der Waals surface area contributed by atoms with Gasteiger partial charge in [0.1, 0.15) is 0 Å². The first-order valence-electron chi connectivity index (χ1n) is 9.20. The van der Waals surface area contributed by atoms with Gasteiger partial charge in [0.05, 0.1) is 29.8 Å². The molecule has 0 aliphatic carbocycles. The lowest BCUT2D eigenvalue weighted by Crippen LogP contribution is -2.28. The third kappa shape index (κ3) is 3.67. The summed E-state index contributed by atoms with van der Waals surface area (Å²) in [5, 5.41) is 3.83. The first-order valence-corrected chi connectivity index (χ1v) is 9.20. The monoisotopic (exact) mass is 389 g/mol. The number of carbonyl (C=O) groups excluding carboxylic acids is 3. The summed E-state index contributed by atoms with van der Waals surface area (Å²) in [6.45, 7) is 0.244. The van der Waals surface area contributed by atoms with Crippen LogP contribution in [-0.4, -0.2) is 36.4 Å². The van der Waals surface area contributed by atoms with Gasteiger partial charge in [0, 0.05) is 30.2 Å². The lowest BCUT2D eigenvalue weighted by atomic mass is 10.1. The van der Waals surface area contributed by atoms with Crippen molar-refractivity contribution in [3.63, 3.8) is 0 Å². The van der Waals surface area contributed by atoms with E-state index in [0.29, 0.717) is 22.5 Å². The molecular formula is C22H19N3O4. The number of aromatic nitrogens is 1. The largest absolute Gasteiger partial charge is 0.465 e. The van der Waals surface area contributed by atoms with Crippen molar-refractivity contribution in [3.8, 4) is 0 Å². The number of ether oxygens (including phenoxy) is 1. The van der Waals surface area contributed by atoms with Crippen molar-refractivity contribution in [1.82, 2.24) is 4.98 Å². The van der Waals surface area contributed by atoms with Crippen molar-refractivity contribution in [2.24, 2.45) is 5.92 Å². The van der Waals surface area contributed by atoms with Crippen LogP contribution in [-0.2, 0) is 14.3 Å². The van der Waals surface area contributed by atoms with Gasteiger partial charge in [-0.3, -0.25) is 14.6 Å². The van der Waals surface area contributed by atoms with Crippen LogP contribution < -0.4 is 10.2 Å². The molecule has 7 heteroatoms. The number of methoxy groups -OCH3 is 1. The summed E-state index contributed by atoms with van der Waals surface area (Å²) in [4.78, 5) is 42.9. The van der Waals surface area contributed by atoms with E-state index in [4.69, 9.17) is 4.74 Å². The molecule has 7 nitrogen and oxygen atoms in total. The molecule has 1 saturated heterocycles. The fourth-order valence-corrected chi connectivity index (χ4v) is 3.49. The van der Waals surface area contributed by atoms with E-state index in [-0.39, 0.29) is 24.8 Å². The first kappa shape index (κ1) is 18.6. The molecule has 2 aromatic carbocycles. The second-order valence-corrected chi connectivity index (χ2v) is 6.82. The highest BCUT2D eigenvalue weighted by atomic mass is 16.5. The van der Waals surface area contributed by atoms with Gasteiger partial charge < -0.3 is 15.0 Å². The summed E-state index contributed by atoms with van der Waals surface area (Å²) >= 11 is 0. The van der Waals surface area contributed by atoms with E-state index in [0.717, 1.165) is 5.39 Å². The summed E-state index contributed by atoms with van der Waals surface area (Å²) in [6.07, 6.45) is 1.78. The van der Waals surface area contributed by atoms with E-state index < -0.39 is 11.9 Å². The number of esters is 1. The number of fused-ring (bicyclic) bond motifs is 1. The van der Waals surface area contributed by atoms with E-state index in [1.807, 2.05) is 24.3 Å². The minimum absolute atomic E-state index is 0.104. The number of carbonyl (C=O) groups is 3. The molecule has 1 unspecified atom stereocenters. The topological polar surface area (TPSA) is 88.6 Å². The van der Waals surface area contributed by atoms with Crippen molar-refractivity contribution < 1.29 is 19.1 Å². The Balaban J connectivity index is 1.52. The summed E-state index contributed by atoms with van der Waals surface area (Å²) in [5.41, 5.74) is 2.24. The Hall–Kier alpha value is -3.74. The molecule has 0 radical (unpaired) electrons. The molecule has 1 fully saturated rings. The normalized spacial score (nSPS) is 16.1. The van der Waals surface area contributed by atoms with Gasteiger partial charge in [0.2, 0.25) is 11.8 Å². The summed E-state index contributed by atoms with van der Waals surface area (Å²) in [6, 6.07) is 16.0. The van der Waals surface area contributed by atoms with Crippen LogP contribution in [0.25, 0.3) is 10.9 Å². The lowest BCUT2D eigenvalue weighted by Gasteiger charge is -2.17. The fourth-order valence-electron chi connectivity index (χ4n) is 3.49. The molecule has 3 aromatic rings. The first-order chi connectivity index (χ1) is 14.1. The highest BCUT2D eigenvalue weighted by Gasteiger charge is 2.35. The van der Waals surface area contributed by atoms with Crippen LogP contribution in [0.4, 0.5) is 11.4 Å². The molecule has 1 atom stereocenters. The zero-order chi connectivity index (χ0) is 20.4. The zero-order valence-corrected chi connectivity index (χ0v) is 15.8. The number of para-hydroxylation sites is 1. The molecule has 4 rings (SSSR count). The number of nitrogens with zero attached hydrogens (tertiary/aromatic N) is 2. The van der Waals surface area contributed by atoms with Gasteiger partial charge in [-0.1, -0.05) is 24.3 Å². The van der Waals surface area contributed by atoms with Gasteiger partial charge in [-0.15, -0.1) is 0 Å². The minimum Gasteiger partial charge on any atom is -0.465 e. The Morgan fingerprint density at radius 3 is 2.76 bits per heavy atom. The average Bonchev–Trinajstić information content (AvgIpc) is 3.15.